The van der Waals surface area contributed by atoms with E-state index >= 15 is 0 Å². The average Bonchev–Trinajstić information content (AvgIpc) is 2.76. The summed E-state index contributed by atoms with van der Waals surface area (Å²) in [7, 11) is 0. The molecule has 0 N–H and O–H groups in total. The molecule has 0 heterocycles. The number of fused-ring (bicyclic) bond motifs is 3. The van der Waals surface area contributed by atoms with Gasteiger partial charge in [-0.05, 0) is 86.0 Å². The zero-order valence-corrected chi connectivity index (χ0v) is 18.1. The number of hydrogen-bond acceptors (Lipinski definition) is 1. The summed E-state index contributed by atoms with van der Waals surface area (Å²) in [5.41, 5.74) is 3.98. The van der Waals surface area contributed by atoms with Crippen molar-refractivity contribution < 1.29 is 9.13 Å². The van der Waals surface area contributed by atoms with Crippen LogP contribution in [0.3, 0.4) is 0 Å². The van der Waals surface area contributed by atoms with Gasteiger partial charge >= 0.3 is 0 Å². The Morgan fingerprint density at radius 3 is 2.24 bits per heavy atom. The maximum Gasteiger partial charge on any atom is 0.134 e. The number of unbranched alkanes of at least 4 members (excludes halogenated alkanes) is 2. The molecule has 1 nitrogen and oxygen atoms in total. The average molecular weight is 395 g/mol. The van der Waals surface area contributed by atoms with Crippen LogP contribution in [-0.2, 0) is 5.41 Å². The molecule has 3 aliphatic carbocycles. The van der Waals surface area contributed by atoms with Crippen LogP contribution in [0.5, 0.6) is 5.75 Å². The summed E-state index contributed by atoms with van der Waals surface area (Å²) in [6.45, 7) is 4.77. The summed E-state index contributed by atoms with van der Waals surface area (Å²) < 4.78 is 20.5. The van der Waals surface area contributed by atoms with Gasteiger partial charge in [0.1, 0.15) is 11.6 Å². The zero-order valence-electron chi connectivity index (χ0n) is 18.1. The first-order valence-electron chi connectivity index (χ1n) is 11.6. The number of benzene rings is 2. The molecule has 0 saturated heterocycles. The predicted molar refractivity (Wildman–Crippen MR) is 119 cm³/mol. The standard InChI is InChI=1S/C27H35FO/c1-3-5-8-13-26-14-17-27(18-15-26,19-16-26)24-10-7-6-9-22(24)23-12-11-21(29-4-2)20-25(23)28/h6-7,9-12,20H,3-5,8,13-19H2,1-2H3. The SMILES string of the molecule is CCCCCC12CCC(c3ccccc3-c3ccc(OCC)cc3F)(CC1)CC2. The second-order valence-corrected chi connectivity index (χ2v) is 9.36. The Bertz CT molecular complexity index is 816. The van der Waals surface area contributed by atoms with Crippen molar-refractivity contribution in [1.29, 1.82) is 0 Å². The van der Waals surface area contributed by atoms with Gasteiger partial charge in [-0.1, -0.05) is 50.5 Å². The summed E-state index contributed by atoms with van der Waals surface area (Å²) in [5.74, 6) is 0.428. The van der Waals surface area contributed by atoms with Gasteiger partial charge in [0.2, 0.25) is 0 Å². The molecule has 3 fully saturated rings. The van der Waals surface area contributed by atoms with Crippen molar-refractivity contribution in [3.8, 4) is 16.9 Å². The van der Waals surface area contributed by atoms with Crippen LogP contribution in [-0.4, -0.2) is 6.61 Å². The molecule has 0 amide bonds. The van der Waals surface area contributed by atoms with Crippen LogP contribution in [0.4, 0.5) is 4.39 Å². The maximum absolute atomic E-state index is 15.0. The second kappa shape index (κ2) is 8.50. The number of halogens is 1. The minimum Gasteiger partial charge on any atom is -0.494 e. The van der Waals surface area contributed by atoms with Gasteiger partial charge in [-0.3, -0.25) is 0 Å². The lowest BCUT2D eigenvalue weighted by atomic mass is 9.50. The molecule has 0 unspecified atom stereocenters. The summed E-state index contributed by atoms with van der Waals surface area (Å²) in [5, 5.41) is 0. The maximum atomic E-state index is 15.0. The van der Waals surface area contributed by atoms with Gasteiger partial charge in [-0.2, -0.15) is 0 Å². The van der Waals surface area contributed by atoms with E-state index < -0.39 is 0 Å². The van der Waals surface area contributed by atoms with E-state index in [9.17, 15) is 4.39 Å². The van der Waals surface area contributed by atoms with Gasteiger partial charge in [0.05, 0.1) is 6.61 Å². The molecule has 3 aliphatic rings. The molecule has 0 radical (unpaired) electrons. The molecular weight excluding hydrogens is 359 g/mol. The summed E-state index contributed by atoms with van der Waals surface area (Å²) >= 11 is 0. The highest BCUT2D eigenvalue weighted by Crippen LogP contribution is 2.60. The Morgan fingerprint density at radius 1 is 0.862 bits per heavy atom. The van der Waals surface area contributed by atoms with Crippen LogP contribution in [0.1, 0.15) is 83.6 Å². The highest BCUT2D eigenvalue weighted by Gasteiger charge is 2.49. The van der Waals surface area contributed by atoms with Crippen molar-refractivity contribution in [3.05, 3.63) is 53.8 Å². The molecule has 2 heteroatoms. The van der Waals surface area contributed by atoms with Crippen molar-refractivity contribution in [2.45, 2.75) is 83.5 Å². The lowest BCUT2D eigenvalue weighted by Gasteiger charge is -2.54. The van der Waals surface area contributed by atoms with Gasteiger partial charge in [-0.15, -0.1) is 0 Å². The Labute approximate surface area is 175 Å². The number of ether oxygens (including phenoxy) is 1. The Morgan fingerprint density at radius 2 is 1.59 bits per heavy atom. The van der Waals surface area contributed by atoms with E-state index in [4.69, 9.17) is 4.74 Å². The third kappa shape index (κ3) is 3.96. The smallest absolute Gasteiger partial charge is 0.134 e. The minimum absolute atomic E-state index is 0.180. The van der Waals surface area contributed by atoms with E-state index in [1.807, 2.05) is 25.1 Å². The molecule has 0 aliphatic heterocycles. The molecule has 0 spiro atoms. The first-order chi connectivity index (χ1) is 14.1. The van der Waals surface area contributed by atoms with E-state index in [1.165, 1.54) is 75.8 Å². The van der Waals surface area contributed by atoms with Crippen LogP contribution in [0, 0.1) is 11.2 Å². The van der Waals surface area contributed by atoms with Gasteiger partial charge in [0.25, 0.3) is 0 Å². The topological polar surface area (TPSA) is 9.23 Å². The summed E-state index contributed by atoms with van der Waals surface area (Å²) in [4.78, 5) is 0. The van der Waals surface area contributed by atoms with Gasteiger partial charge < -0.3 is 4.74 Å². The lowest BCUT2D eigenvalue weighted by Crippen LogP contribution is -2.44. The van der Waals surface area contributed by atoms with Crippen molar-refractivity contribution >= 4 is 0 Å². The molecule has 0 aromatic heterocycles. The molecule has 29 heavy (non-hydrogen) atoms. The number of rotatable bonds is 8. The fourth-order valence-electron chi connectivity index (χ4n) is 5.94. The highest BCUT2D eigenvalue weighted by atomic mass is 19.1. The lowest BCUT2D eigenvalue weighted by molar-refractivity contribution is 0.0308. The molecule has 5 rings (SSSR count). The highest BCUT2D eigenvalue weighted by molar-refractivity contribution is 5.70. The monoisotopic (exact) mass is 394 g/mol. The van der Waals surface area contributed by atoms with Crippen molar-refractivity contribution in [2.75, 3.05) is 6.61 Å². The first kappa shape index (κ1) is 20.4. The fraction of sp³-hybridized carbons (Fsp3) is 0.556. The fourth-order valence-corrected chi connectivity index (χ4v) is 5.94. The largest absolute Gasteiger partial charge is 0.494 e. The number of hydrogen-bond donors (Lipinski definition) is 0. The van der Waals surface area contributed by atoms with Crippen molar-refractivity contribution in [3.63, 3.8) is 0 Å². The van der Waals surface area contributed by atoms with Crippen LogP contribution in [0.25, 0.3) is 11.1 Å². The summed E-state index contributed by atoms with van der Waals surface area (Å²) in [6, 6.07) is 13.9. The predicted octanol–water partition coefficient (Wildman–Crippen LogP) is 8.06. The third-order valence-electron chi connectivity index (χ3n) is 7.75. The summed E-state index contributed by atoms with van der Waals surface area (Å²) in [6.07, 6.45) is 13.3. The van der Waals surface area contributed by atoms with Crippen LogP contribution in [0.15, 0.2) is 42.5 Å². The third-order valence-corrected chi connectivity index (χ3v) is 7.75. The Balaban J connectivity index is 1.60. The molecule has 0 atom stereocenters. The Kier molecular flexibility index (Phi) is 5.99. The first-order valence-corrected chi connectivity index (χ1v) is 11.6. The van der Waals surface area contributed by atoms with E-state index in [2.05, 4.69) is 25.1 Å². The van der Waals surface area contributed by atoms with Crippen LogP contribution < -0.4 is 4.74 Å². The molecule has 2 bridgehead atoms. The van der Waals surface area contributed by atoms with Crippen molar-refractivity contribution in [1.82, 2.24) is 0 Å². The van der Waals surface area contributed by atoms with E-state index in [1.54, 1.807) is 0 Å². The normalized spacial score (nSPS) is 25.9. The second-order valence-electron chi connectivity index (χ2n) is 9.36. The van der Waals surface area contributed by atoms with Gasteiger partial charge in [0, 0.05) is 11.6 Å². The van der Waals surface area contributed by atoms with Crippen molar-refractivity contribution in [2.24, 2.45) is 5.41 Å². The quantitative estimate of drug-likeness (QED) is 0.411. The molecule has 2 aromatic rings. The van der Waals surface area contributed by atoms with Crippen LogP contribution >= 0.6 is 0 Å². The van der Waals surface area contributed by atoms with E-state index in [0.29, 0.717) is 23.3 Å². The van der Waals surface area contributed by atoms with Gasteiger partial charge in [-0.25, -0.2) is 4.39 Å². The molecular formula is C27H35FO. The molecule has 3 saturated carbocycles. The molecule has 2 aromatic carbocycles. The Hall–Kier alpha value is -1.83. The van der Waals surface area contributed by atoms with Gasteiger partial charge in [0.15, 0.2) is 0 Å². The van der Waals surface area contributed by atoms with E-state index in [-0.39, 0.29) is 11.2 Å². The molecule has 156 valence electrons. The zero-order chi connectivity index (χ0) is 20.3. The minimum atomic E-state index is -0.180. The van der Waals surface area contributed by atoms with E-state index in [0.717, 1.165) is 5.56 Å². The van der Waals surface area contributed by atoms with Crippen LogP contribution in [0.2, 0.25) is 0 Å².